The predicted molar refractivity (Wildman–Crippen MR) is 154 cm³/mol. The van der Waals surface area contributed by atoms with Gasteiger partial charge < -0.3 is 10.4 Å². The number of hydrogen-bond donors (Lipinski definition) is 3. The van der Waals surface area contributed by atoms with Crippen molar-refractivity contribution in [3.8, 4) is 11.1 Å². The fourth-order valence-corrected chi connectivity index (χ4v) is 6.82. The average Bonchev–Trinajstić information content (AvgIpc) is 3.44. The van der Waals surface area contributed by atoms with Gasteiger partial charge in [-0.2, -0.15) is 0 Å². The van der Waals surface area contributed by atoms with Crippen LogP contribution in [0.2, 0.25) is 0 Å². The molecule has 0 bridgehead atoms. The third-order valence-electron chi connectivity index (χ3n) is 6.47. The second kappa shape index (κ2) is 11.9. The number of carbonyl (C=O) groups is 2. The monoisotopic (exact) mass is 574 g/mol. The third kappa shape index (κ3) is 6.17. The molecule has 3 aromatic carbocycles. The molecule has 2 amide bonds. The number of anilines is 1. The Bertz CT molecular complexity index is 1580. The van der Waals surface area contributed by atoms with Crippen molar-refractivity contribution in [1.29, 1.82) is 0 Å². The molecule has 1 aliphatic rings. The first-order valence-corrected chi connectivity index (χ1v) is 14.9. The summed E-state index contributed by atoms with van der Waals surface area (Å²) in [7, 11) is -3.73. The van der Waals surface area contributed by atoms with Gasteiger partial charge in [0.15, 0.2) is 0 Å². The fraction of sp³-hybridized carbons (Fsp3) is 0.138. The highest BCUT2D eigenvalue weighted by atomic mass is 32.2. The molecule has 1 aromatic heterocycles. The highest BCUT2D eigenvalue weighted by molar-refractivity contribution is 7.99. The van der Waals surface area contributed by atoms with Crippen molar-refractivity contribution in [3.63, 3.8) is 0 Å². The second-order valence-electron chi connectivity index (χ2n) is 9.07. The quantitative estimate of drug-likeness (QED) is 0.271. The smallest absolute Gasteiger partial charge is 0.409 e. The van der Waals surface area contributed by atoms with E-state index in [0.717, 1.165) is 21.6 Å². The zero-order valence-electron chi connectivity index (χ0n) is 21.2. The van der Waals surface area contributed by atoms with Crippen LogP contribution in [-0.4, -0.2) is 47.2 Å². The summed E-state index contributed by atoms with van der Waals surface area (Å²) in [5, 5.41) is 12.1. The largest absolute Gasteiger partial charge is 0.465 e. The Balaban J connectivity index is 1.19. The van der Waals surface area contributed by atoms with E-state index in [1.165, 1.54) is 11.8 Å². The maximum Gasteiger partial charge on any atom is 0.409 e. The van der Waals surface area contributed by atoms with Crippen LogP contribution in [0.3, 0.4) is 0 Å². The lowest BCUT2D eigenvalue weighted by atomic mass is 10.1. The number of amides is 2. The Hall–Kier alpha value is -4.19. The molecule has 11 heteroatoms. The molecule has 0 saturated carbocycles. The van der Waals surface area contributed by atoms with E-state index in [1.807, 2.05) is 30.3 Å². The molecule has 1 fully saturated rings. The molecule has 1 aliphatic heterocycles. The van der Waals surface area contributed by atoms with Crippen LogP contribution in [0.25, 0.3) is 11.1 Å². The second-order valence-corrected chi connectivity index (χ2v) is 12.0. The van der Waals surface area contributed by atoms with Crippen molar-refractivity contribution < 1.29 is 23.1 Å². The van der Waals surface area contributed by atoms with Crippen LogP contribution in [0.15, 0.2) is 108 Å². The number of aromatic nitrogens is 1. The number of rotatable bonds is 8. The first-order chi connectivity index (χ1) is 19.3. The van der Waals surface area contributed by atoms with Gasteiger partial charge in [0.1, 0.15) is 11.4 Å². The number of sulfonamides is 1. The number of carbonyl (C=O) groups excluding carboxylic acids is 1. The first kappa shape index (κ1) is 27.4. The molecule has 4 aromatic rings. The van der Waals surface area contributed by atoms with Crippen LogP contribution in [0.1, 0.15) is 16.5 Å². The van der Waals surface area contributed by atoms with E-state index in [-0.39, 0.29) is 11.4 Å². The molecular weight excluding hydrogens is 548 g/mol. The molecule has 2 unspecified atom stereocenters. The fourth-order valence-electron chi connectivity index (χ4n) is 4.38. The van der Waals surface area contributed by atoms with Crippen molar-refractivity contribution in [2.45, 2.75) is 22.9 Å². The van der Waals surface area contributed by atoms with Crippen molar-refractivity contribution in [1.82, 2.24) is 14.6 Å². The predicted octanol–water partition coefficient (Wildman–Crippen LogP) is 4.96. The molecule has 3 N–H and O–H groups in total. The van der Waals surface area contributed by atoms with E-state index in [0.29, 0.717) is 17.0 Å². The molecule has 40 heavy (non-hydrogen) atoms. The number of benzene rings is 3. The standard InChI is InChI=1S/C29H26N4O5S2/c34-27(26-19-39-28(33(26)29(35)36)23-14-16-30-17-15-23)32-24-10-6-20(7-11-24)18-31-40(37,38)25-12-8-22(9-13-25)21-4-2-1-3-5-21/h1-17,26,28,31H,18-19H2,(H,32,34)(H,35,36). The summed E-state index contributed by atoms with van der Waals surface area (Å²) >= 11 is 1.38. The lowest BCUT2D eigenvalue weighted by molar-refractivity contribution is -0.119. The van der Waals surface area contributed by atoms with Gasteiger partial charge in [-0.15, -0.1) is 11.8 Å². The summed E-state index contributed by atoms with van der Waals surface area (Å²) in [6.07, 6.45) is 2.00. The Kier molecular flexibility index (Phi) is 8.15. The normalized spacial score (nSPS) is 16.9. The molecule has 1 saturated heterocycles. The maximum absolute atomic E-state index is 13.0. The Labute approximate surface area is 236 Å². The minimum Gasteiger partial charge on any atom is -0.465 e. The van der Waals surface area contributed by atoms with Gasteiger partial charge in [0.05, 0.1) is 4.90 Å². The summed E-state index contributed by atoms with van der Waals surface area (Å²) in [6.45, 7) is 0.0661. The van der Waals surface area contributed by atoms with Gasteiger partial charge in [0.2, 0.25) is 15.9 Å². The summed E-state index contributed by atoms with van der Waals surface area (Å²) in [6, 6.07) is 25.7. The van der Waals surface area contributed by atoms with Gasteiger partial charge in [0, 0.05) is 30.4 Å². The van der Waals surface area contributed by atoms with Crippen LogP contribution in [-0.2, 0) is 21.4 Å². The average molecular weight is 575 g/mol. The molecular formula is C29H26N4O5S2. The first-order valence-electron chi connectivity index (χ1n) is 12.4. The molecule has 0 spiro atoms. The number of carboxylic acid groups (broad SMARTS) is 1. The summed E-state index contributed by atoms with van der Waals surface area (Å²) in [5.74, 6) is -0.115. The van der Waals surface area contributed by atoms with Gasteiger partial charge >= 0.3 is 6.09 Å². The Morgan fingerprint density at radius 1 is 0.900 bits per heavy atom. The summed E-state index contributed by atoms with van der Waals surface area (Å²) < 4.78 is 28.2. The number of pyridine rings is 1. The molecule has 0 aliphatic carbocycles. The minimum absolute atomic E-state index is 0.0661. The maximum atomic E-state index is 13.0. The highest BCUT2D eigenvalue weighted by Crippen LogP contribution is 2.41. The molecule has 0 radical (unpaired) electrons. The molecule has 5 rings (SSSR count). The van der Waals surface area contributed by atoms with E-state index < -0.39 is 33.4 Å². The molecule has 2 atom stereocenters. The van der Waals surface area contributed by atoms with Gasteiger partial charge in [0.25, 0.3) is 0 Å². The lowest BCUT2D eigenvalue weighted by Gasteiger charge is -2.26. The van der Waals surface area contributed by atoms with Crippen LogP contribution in [0.4, 0.5) is 10.5 Å². The van der Waals surface area contributed by atoms with Gasteiger partial charge in [-0.25, -0.2) is 17.9 Å². The topological polar surface area (TPSA) is 129 Å². The van der Waals surface area contributed by atoms with Crippen LogP contribution in [0.5, 0.6) is 0 Å². The van der Waals surface area contributed by atoms with E-state index in [2.05, 4.69) is 15.0 Å². The van der Waals surface area contributed by atoms with Gasteiger partial charge in [-0.05, 0) is 58.7 Å². The summed E-state index contributed by atoms with van der Waals surface area (Å²) in [5.41, 5.74) is 3.87. The summed E-state index contributed by atoms with van der Waals surface area (Å²) in [4.78, 5) is 30.3. The van der Waals surface area contributed by atoms with Crippen LogP contribution >= 0.6 is 11.8 Å². The Morgan fingerprint density at radius 2 is 1.55 bits per heavy atom. The minimum atomic E-state index is -3.73. The van der Waals surface area contributed by atoms with Crippen molar-refractivity contribution in [2.75, 3.05) is 11.1 Å². The van der Waals surface area contributed by atoms with E-state index in [9.17, 15) is 23.1 Å². The SMILES string of the molecule is O=C(Nc1ccc(CNS(=O)(=O)c2ccc(-c3ccccc3)cc2)cc1)C1CSC(c2ccncc2)N1C(=O)O. The lowest BCUT2D eigenvalue weighted by Crippen LogP contribution is -2.44. The number of hydrogen-bond acceptors (Lipinski definition) is 6. The Morgan fingerprint density at radius 3 is 2.20 bits per heavy atom. The van der Waals surface area contributed by atoms with Crippen molar-refractivity contribution in [3.05, 3.63) is 115 Å². The number of nitrogens with one attached hydrogen (secondary N) is 2. The zero-order chi connectivity index (χ0) is 28.1. The number of thioether (sulfide) groups is 1. The molecule has 204 valence electrons. The van der Waals surface area contributed by atoms with Gasteiger partial charge in [-0.1, -0.05) is 54.6 Å². The van der Waals surface area contributed by atoms with Crippen LogP contribution < -0.4 is 10.0 Å². The van der Waals surface area contributed by atoms with Crippen LogP contribution in [0, 0.1) is 0 Å². The highest BCUT2D eigenvalue weighted by Gasteiger charge is 2.42. The van der Waals surface area contributed by atoms with E-state index in [1.54, 1.807) is 73.1 Å². The zero-order valence-corrected chi connectivity index (χ0v) is 22.8. The van der Waals surface area contributed by atoms with Crippen molar-refractivity contribution in [2.24, 2.45) is 0 Å². The van der Waals surface area contributed by atoms with Crippen molar-refractivity contribution >= 4 is 39.5 Å². The molecule has 9 nitrogen and oxygen atoms in total. The third-order valence-corrected chi connectivity index (χ3v) is 9.22. The van der Waals surface area contributed by atoms with E-state index in [4.69, 9.17) is 0 Å². The van der Waals surface area contributed by atoms with Gasteiger partial charge in [-0.3, -0.25) is 14.7 Å². The molecule has 2 heterocycles. The van der Waals surface area contributed by atoms with E-state index >= 15 is 0 Å². The number of nitrogens with zero attached hydrogens (tertiary/aromatic N) is 2.